The molecule has 2 heterocycles. The maximum Gasteiger partial charge on any atom is 0.253 e. The molecule has 1 aromatic heterocycles. The Morgan fingerprint density at radius 1 is 1.50 bits per heavy atom. The van der Waals surface area contributed by atoms with Gasteiger partial charge in [0.25, 0.3) is 10.0 Å². The van der Waals surface area contributed by atoms with Crippen LogP contribution >= 0.6 is 27.3 Å². The Morgan fingerprint density at radius 2 is 2.17 bits per heavy atom. The van der Waals surface area contributed by atoms with Gasteiger partial charge in [-0.3, -0.25) is 0 Å². The molecule has 0 amide bonds. The van der Waals surface area contributed by atoms with E-state index in [4.69, 9.17) is 4.74 Å². The summed E-state index contributed by atoms with van der Waals surface area (Å²) in [6.45, 7) is 6.53. The molecule has 0 aromatic carbocycles. The van der Waals surface area contributed by atoms with Gasteiger partial charge < -0.3 is 4.74 Å². The van der Waals surface area contributed by atoms with Crippen molar-refractivity contribution in [1.82, 2.24) is 4.31 Å². The Balaban J connectivity index is 2.35. The van der Waals surface area contributed by atoms with E-state index in [9.17, 15) is 8.42 Å². The highest BCUT2D eigenvalue weighted by atomic mass is 79.9. The molecule has 0 aliphatic carbocycles. The van der Waals surface area contributed by atoms with Crippen LogP contribution in [0.15, 0.2) is 14.1 Å². The summed E-state index contributed by atoms with van der Waals surface area (Å²) in [5.74, 6) is 0. The van der Waals surface area contributed by atoms with E-state index >= 15 is 0 Å². The van der Waals surface area contributed by atoms with E-state index < -0.39 is 10.0 Å². The number of aryl methyl sites for hydroxylation is 1. The third-order valence-electron chi connectivity index (χ3n) is 2.95. The molecular formula is C11H16BrNO3S2. The Kier molecular flexibility index (Phi) is 4.18. The van der Waals surface area contributed by atoms with E-state index in [1.807, 2.05) is 20.8 Å². The average Bonchev–Trinajstić information content (AvgIpc) is 2.63. The molecule has 2 rings (SSSR count). The number of ether oxygens (including phenoxy) is 1. The predicted molar refractivity (Wildman–Crippen MR) is 75.5 cm³/mol. The van der Waals surface area contributed by atoms with Crippen LogP contribution in [0.3, 0.4) is 0 Å². The lowest BCUT2D eigenvalue weighted by Crippen LogP contribution is -2.49. The van der Waals surface area contributed by atoms with Gasteiger partial charge in [-0.2, -0.15) is 4.31 Å². The number of morpholine rings is 1. The van der Waals surface area contributed by atoms with E-state index in [0.29, 0.717) is 17.4 Å². The molecule has 102 valence electrons. The van der Waals surface area contributed by atoms with E-state index in [2.05, 4.69) is 15.9 Å². The fourth-order valence-electron chi connectivity index (χ4n) is 1.88. The quantitative estimate of drug-likeness (QED) is 0.820. The first-order valence-corrected chi connectivity index (χ1v) is 8.76. The third-order valence-corrected chi connectivity index (χ3v) is 7.51. The Bertz CT molecular complexity index is 521. The molecule has 1 aliphatic heterocycles. The van der Waals surface area contributed by atoms with Crippen LogP contribution in [0.2, 0.25) is 0 Å². The molecule has 2 unspecified atom stereocenters. The summed E-state index contributed by atoms with van der Waals surface area (Å²) in [4.78, 5) is 0. The zero-order valence-electron chi connectivity index (χ0n) is 10.5. The number of thiophene rings is 1. The van der Waals surface area contributed by atoms with Crippen molar-refractivity contribution in [3.8, 4) is 0 Å². The summed E-state index contributed by atoms with van der Waals surface area (Å²) < 4.78 is 33.4. The molecule has 1 fully saturated rings. The smallest absolute Gasteiger partial charge is 0.253 e. The van der Waals surface area contributed by atoms with E-state index in [1.165, 1.54) is 11.3 Å². The van der Waals surface area contributed by atoms with Gasteiger partial charge in [0.2, 0.25) is 0 Å². The summed E-state index contributed by atoms with van der Waals surface area (Å²) in [5, 5.41) is 0. The van der Waals surface area contributed by atoms with E-state index in [0.717, 1.165) is 9.35 Å². The van der Waals surface area contributed by atoms with Crippen LogP contribution < -0.4 is 0 Å². The van der Waals surface area contributed by atoms with Crippen molar-refractivity contribution in [2.45, 2.75) is 37.1 Å². The number of hydrogen-bond acceptors (Lipinski definition) is 4. The highest BCUT2D eigenvalue weighted by molar-refractivity contribution is 9.11. The third kappa shape index (κ3) is 2.65. The summed E-state index contributed by atoms with van der Waals surface area (Å²) >= 11 is 4.63. The molecule has 4 nitrogen and oxygen atoms in total. The summed E-state index contributed by atoms with van der Waals surface area (Å²) in [5.41, 5.74) is 0.951. The standard InChI is InChI=1S/C11H16BrNO3S2/c1-7-4-10(17-11(7)12)18(14,15)13-5-9(3)16-6-8(13)2/h4,8-9H,5-6H2,1-3H3. The van der Waals surface area contributed by atoms with Gasteiger partial charge in [0.1, 0.15) is 4.21 Å². The molecule has 0 saturated carbocycles. The Morgan fingerprint density at radius 3 is 2.72 bits per heavy atom. The van der Waals surface area contributed by atoms with Crippen molar-refractivity contribution in [3.63, 3.8) is 0 Å². The maximum absolute atomic E-state index is 12.6. The number of sulfonamides is 1. The van der Waals surface area contributed by atoms with Crippen molar-refractivity contribution in [2.75, 3.05) is 13.2 Å². The first-order valence-electron chi connectivity index (χ1n) is 5.71. The largest absolute Gasteiger partial charge is 0.375 e. The van der Waals surface area contributed by atoms with E-state index in [1.54, 1.807) is 10.4 Å². The van der Waals surface area contributed by atoms with Crippen LogP contribution in [0.4, 0.5) is 0 Å². The van der Waals surface area contributed by atoms with Gasteiger partial charge in [0.05, 0.1) is 16.5 Å². The molecule has 1 saturated heterocycles. The fraction of sp³-hybridized carbons (Fsp3) is 0.636. The second-order valence-corrected chi connectivity index (χ2v) is 9.08. The first-order chi connectivity index (χ1) is 8.32. The normalized spacial score (nSPS) is 26.4. The van der Waals surface area contributed by atoms with Gasteiger partial charge >= 0.3 is 0 Å². The molecule has 7 heteroatoms. The molecule has 0 radical (unpaired) electrons. The zero-order chi connectivity index (χ0) is 13.5. The van der Waals surface area contributed by atoms with Crippen LogP contribution in [-0.2, 0) is 14.8 Å². The SMILES string of the molecule is Cc1cc(S(=O)(=O)N2CC(C)OCC2C)sc1Br. The molecule has 0 spiro atoms. The summed E-state index contributed by atoms with van der Waals surface area (Å²) in [7, 11) is -3.40. The topological polar surface area (TPSA) is 46.6 Å². The molecule has 0 N–H and O–H groups in total. The van der Waals surface area contributed by atoms with Crippen LogP contribution in [0.5, 0.6) is 0 Å². The minimum atomic E-state index is -3.40. The second-order valence-electron chi connectivity index (χ2n) is 4.59. The summed E-state index contributed by atoms with van der Waals surface area (Å²) in [6.07, 6.45) is -0.0551. The van der Waals surface area contributed by atoms with Crippen molar-refractivity contribution in [3.05, 3.63) is 15.4 Å². The van der Waals surface area contributed by atoms with Gasteiger partial charge in [-0.25, -0.2) is 8.42 Å². The Labute approximate surface area is 120 Å². The fourth-order valence-corrected chi connectivity index (χ4v) is 5.93. The predicted octanol–water partition coefficient (Wildman–Crippen LogP) is 2.62. The molecular weight excluding hydrogens is 338 g/mol. The number of halogens is 1. The molecule has 1 aromatic rings. The number of hydrogen-bond donors (Lipinski definition) is 0. The van der Waals surface area contributed by atoms with Crippen molar-refractivity contribution in [1.29, 1.82) is 0 Å². The minimum absolute atomic E-state index is 0.0551. The molecule has 2 atom stereocenters. The maximum atomic E-state index is 12.6. The van der Waals surface area contributed by atoms with Crippen molar-refractivity contribution < 1.29 is 13.2 Å². The number of rotatable bonds is 2. The second kappa shape index (κ2) is 5.20. The van der Waals surface area contributed by atoms with Gasteiger partial charge in [0, 0.05) is 12.6 Å². The van der Waals surface area contributed by atoms with Gasteiger partial charge in [-0.05, 0) is 48.3 Å². The molecule has 18 heavy (non-hydrogen) atoms. The average molecular weight is 354 g/mol. The number of nitrogens with zero attached hydrogens (tertiary/aromatic N) is 1. The monoisotopic (exact) mass is 353 g/mol. The van der Waals surface area contributed by atoms with Crippen LogP contribution in [0, 0.1) is 6.92 Å². The summed E-state index contributed by atoms with van der Waals surface area (Å²) in [6, 6.07) is 1.60. The lowest BCUT2D eigenvalue weighted by atomic mass is 10.2. The van der Waals surface area contributed by atoms with Crippen molar-refractivity contribution >= 4 is 37.3 Å². The van der Waals surface area contributed by atoms with Crippen LogP contribution in [0.1, 0.15) is 19.4 Å². The van der Waals surface area contributed by atoms with Crippen LogP contribution in [0.25, 0.3) is 0 Å². The zero-order valence-corrected chi connectivity index (χ0v) is 13.7. The Hall–Kier alpha value is 0.0500. The lowest BCUT2D eigenvalue weighted by Gasteiger charge is -2.35. The minimum Gasteiger partial charge on any atom is -0.375 e. The highest BCUT2D eigenvalue weighted by Gasteiger charge is 2.35. The van der Waals surface area contributed by atoms with Gasteiger partial charge in [-0.1, -0.05) is 0 Å². The van der Waals surface area contributed by atoms with Crippen molar-refractivity contribution in [2.24, 2.45) is 0 Å². The highest BCUT2D eigenvalue weighted by Crippen LogP contribution is 2.33. The molecule has 0 bridgehead atoms. The molecule has 1 aliphatic rings. The first kappa shape index (κ1) is 14.5. The van der Waals surface area contributed by atoms with Gasteiger partial charge in [-0.15, -0.1) is 11.3 Å². The van der Waals surface area contributed by atoms with Gasteiger partial charge in [0.15, 0.2) is 0 Å². The van der Waals surface area contributed by atoms with E-state index in [-0.39, 0.29) is 12.1 Å². The lowest BCUT2D eigenvalue weighted by molar-refractivity contribution is -0.0170. The van der Waals surface area contributed by atoms with Crippen LogP contribution in [-0.4, -0.2) is 38.0 Å².